The van der Waals surface area contributed by atoms with E-state index in [-0.39, 0.29) is 11.7 Å². The number of ether oxygens (including phenoxy) is 1. The second-order valence-electron chi connectivity index (χ2n) is 14.1. The first-order valence-electron chi connectivity index (χ1n) is 17.2. The molecule has 0 saturated carbocycles. The third kappa shape index (κ3) is 7.26. The Morgan fingerprint density at radius 3 is 2.14 bits per heavy atom. The van der Waals surface area contributed by atoms with Crippen molar-refractivity contribution < 1.29 is 23.4 Å². The van der Waals surface area contributed by atoms with Gasteiger partial charge in [-0.15, -0.1) is 0 Å². The van der Waals surface area contributed by atoms with E-state index in [1.165, 1.54) is 56.7 Å². The molecule has 6 rings (SSSR count). The quantitative estimate of drug-likeness (QED) is 0.154. The van der Waals surface area contributed by atoms with E-state index < -0.39 is 22.1 Å². The molecular weight excluding hydrogens is 570 g/mol. The van der Waals surface area contributed by atoms with Crippen LogP contribution in [0.1, 0.15) is 82.3 Å². The van der Waals surface area contributed by atoms with Crippen LogP contribution >= 0.6 is 10.6 Å². The lowest BCUT2D eigenvalue weighted by molar-refractivity contribution is -0.941. The molecule has 0 aliphatic carbocycles. The predicted octanol–water partition coefficient (Wildman–Crippen LogP) is 7.04. The number of unbranched alkanes of at least 4 members (excludes halogenated alkanes) is 3. The fourth-order valence-electron chi connectivity index (χ4n) is 8.00. The Bertz CT molecular complexity index is 1190. The summed E-state index contributed by atoms with van der Waals surface area (Å²) in [5.74, 6) is 0.705. The molecule has 2 aromatic rings. The van der Waals surface area contributed by atoms with Crippen LogP contribution < -0.4 is 9.64 Å². The highest BCUT2D eigenvalue weighted by molar-refractivity contribution is 8.24. The Morgan fingerprint density at radius 1 is 0.909 bits per heavy atom. The molecule has 0 unspecified atom stereocenters. The van der Waals surface area contributed by atoms with E-state index in [0.717, 1.165) is 67.5 Å². The van der Waals surface area contributed by atoms with Crippen LogP contribution in [-0.2, 0) is 0 Å². The molecule has 2 atom stereocenters. The molecule has 2 bridgehead atoms. The number of piperazine rings is 3. The van der Waals surface area contributed by atoms with E-state index in [9.17, 15) is 14.2 Å². The fourth-order valence-corrected chi connectivity index (χ4v) is 10.3. The van der Waals surface area contributed by atoms with Crippen molar-refractivity contribution in [3.63, 3.8) is 0 Å². The molecule has 44 heavy (non-hydrogen) atoms. The molecular formula is C36H58N3O4S+. The number of aliphatic hydroxyl groups excluding tert-OH is 1. The number of fused-ring (bicyclic) bond motifs is 4. The zero-order valence-corrected chi connectivity index (χ0v) is 28.5. The van der Waals surface area contributed by atoms with Gasteiger partial charge in [-0.3, -0.25) is 14.0 Å². The van der Waals surface area contributed by atoms with Crippen molar-refractivity contribution in [2.45, 2.75) is 82.1 Å². The molecule has 4 aliphatic heterocycles. The molecule has 3 fully saturated rings. The van der Waals surface area contributed by atoms with Crippen molar-refractivity contribution in [1.29, 1.82) is 0 Å². The summed E-state index contributed by atoms with van der Waals surface area (Å²) in [7, 11) is 0.887. The maximum Gasteiger partial charge on any atom is 0.119 e. The van der Waals surface area contributed by atoms with Gasteiger partial charge in [0.15, 0.2) is 0 Å². The fraction of sp³-hybridized carbons (Fsp3) is 0.667. The van der Waals surface area contributed by atoms with Crippen LogP contribution in [0.5, 0.6) is 5.75 Å². The highest BCUT2D eigenvalue weighted by atomic mass is 32.3. The second kappa shape index (κ2) is 14.3. The number of hydrogen-bond acceptors (Lipinski definition) is 6. The van der Waals surface area contributed by atoms with Gasteiger partial charge in [0.25, 0.3) is 0 Å². The monoisotopic (exact) mass is 628 g/mol. The average molecular weight is 629 g/mol. The minimum absolute atomic E-state index is 0.214. The molecule has 3 N–H and O–H groups in total. The zero-order valence-electron chi connectivity index (χ0n) is 27.7. The van der Waals surface area contributed by atoms with Gasteiger partial charge in [0, 0.05) is 50.7 Å². The Morgan fingerprint density at radius 2 is 1.55 bits per heavy atom. The van der Waals surface area contributed by atoms with Crippen molar-refractivity contribution in [1.82, 2.24) is 4.90 Å². The first-order chi connectivity index (χ1) is 21.1. The van der Waals surface area contributed by atoms with Crippen LogP contribution in [0.25, 0.3) is 0 Å². The third-order valence-corrected chi connectivity index (χ3v) is 12.9. The summed E-state index contributed by atoms with van der Waals surface area (Å²) in [4.78, 5) is 5.22. The summed E-state index contributed by atoms with van der Waals surface area (Å²) in [5.41, 5.74) is 2.24. The number of rotatable bonds is 14. The molecule has 0 spiro atoms. The Labute approximate surface area is 268 Å². The molecule has 2 aromatic carbocycles. The first kappa shape index (κ1) is 33.6. The number of benzene rings is 2. The predicted molar refractivity (Wildman–Crippen MR) is 183 cm³/mol. The highest BCUT2D eigenvalue weighted by Gasteiger charge is 2.49. The second-order valence-corrected chi connectivity index (χ2v) is 16.2. The summed E-state index contributed by atoms with van der Waals surface area (Å²) in [6.45, 7) is 14.0. The Hall–Kier alpha value is -1.81. The van der Waals surface area contributed by atoms with Crippen LogP contribution in [-0.4, -0.2) is 102 Å². The van der Waals surface area contributed by atoms with Gasteiger partial charge in [0.2, 0.25) is 0 Å². The molecule has 246 valence electrons. The standard InChI is InChI=1S/C36H57N3O4S/c1-5-7-17-36(18-8-6-2)28-44(41,42)33-16-13-30(37(3)4)27-32(33)34(35(36)40)29-11-14-31(15-12-29)43-26-10-9-22-39-23-19-38(20-24-39)21-25-39/h11-16,27,34-35,40H,5-10,17-26,28H2,1-4H3,(H-,41,42)/p+1/t34-,35-/m1/s1. The smallest absolute Gasteiger partial charge is 0.119 e. The van der Waals surface area contributed by atoms with Gasteiger partial charge in [-0.05, 0) is 67.1 Å². The van der Waals surface area contributed by atoms with Crippen LogP contribution in [0.4, 0.5) is 5.69 Å². The molecule has 4 heterocycles. The molecule has 3 saturated heterocycles. The van der Waals surface area contributed by atoms with Gasteiger partial charge in [-0.1, -0.05) is 51.7 Å². The summed E-state index contributed by atoms with van der Waals surface area (Å²) in [6.07, 6.45) is 7.00. The minimum Gasteiger partial charge on any atom is -0.494 e. The van der Waals surface area contributed by atoms with Crippen molar-refractivity contribution >= 4 is 16.3 Å². The normalized spacial score (nSPS) is 27.8. The summed E-state index contributed by atoms with van der Waals surface area (Å²) < 4.78 is 31.0. The van der Waals surface area contributed by atoms with Crippen molar-refractivity contribution in [3.8, 4) is 5.75 Å². The molecule has 4 aliphatic rings. The maximum absolute atomic E-state index is 12.4. The van der Waals surface area contributed by atoms with Gasteiger partial charge in [-0.25, -0.2) is 0 Å². The van der Waals surface area contributed by atoms with E-state index in [2.05, 4.69) is 36.9 Å². The van der Waals surface area contributed by atoms with Gasteiger partial charge in [-0.2, -0.15) is 10.6 Å². The molecule has 8 heteroatoms. The summed E-state index contributed by atoms with van der Waals surface area (Å²) >= 11 is 0. The lowest BCUT2D eigenvalue weighted by atomic mass is 9.68. The Kier molecular flexibility index (Phi) is 10.9. The maximum atomic E-state index is 12.4. The van der Waals surface area contributed by atoms with E-state index in [1.54, 1.807) is 0 Å². The van der Waals surface area contributed by atoms with Crippen molar-refractivity contribution in [2.75, 3.05) is 77.2 Å². The number of anilines is 1. The first-order valence-corrected chi connectivity index (χ1v) is 18.9. The van der Waals surface area contributed by atoms with Crippen molar-refractivity contribution in [3.05, 3.63) is 53.6 Å². The molecule has 7 nitrogen and oxygen atoms in total. The van der Waals surface area contributed by atoms with Crippen LogP contribution in [0, 0.1) is 5.41 Å². The highest BCUT2D eigenvalue weighted by Crippen LogP contribution is 2.62. The van der Waals surface area contributed by atoms with E-state index in [1.807, 2.05) is 43.3 Å². The van der Waals surface area contributed by atoms with Crippen molar-refractivity contribution in [2.24, 2.45) is 5.41 Å². The lowest BCUT2D eigenvalue weighted by Gasteiger charge is -2.50. The van der Waals surface area contributed by atoms with Gasteiger partial charge < -0.3 is 19.2 Å². The summed E-state index contributed by atoms with van der Waals surface area (Å²) in [6, 6.07) is 14.2. The van der Waals surface area contributed by atoms with Crippen LogP contribution in [0.2, 0.25) is 0 Å². The topological polar surface area (TPSA) is 76.4 Å². The minimum atomic E-state index is -3.11. The van der Waals surface area contributed by atoms with E-state index >= 15 is 0 Å². The number of quaternary nitrogens is 1. The van der Waals surface area contributed by atoms with Gasteiger partial charge in [0.1, 0.15) is 5.75 Å². The Balaban J connectivity index is 1.36. The van der Waals surface area contributed by atoms with E-state index in [4.69, 9.17) is 4.74 Å². The number of hydrogen-bond donors (Lipinski definition) is 3. The summed E-state index contributed by atoms with van der Waals surface area (Å²) in [5, 5.41) is 12.4. The molecule has 0 aromatic heterocycles. The average Bonchev–Trinajstić information content (AvgIpc) is 3.10. The van der Waals surface area contributed by atoms with Gasteiger partial charge >= 0.3 is 0 Å². The molecule has 0 radical (unpaired) electrons. The number of aliphatic hydroxyl groups is 1. The van der Waals surface area contributed by atoms with Crippen LogP contribution in [0.3, 0.4) is 0 Å². The SMILES string of the molecule is CCCCC1(CCCC)CS(O)(O)c2ccc(N(C)C)cc2[C@@H](c2ccc(OCCCC[N+]34CCN(CC3)CC4)cc2)[C@H]1O. The molecule has 0 amide bonds. The number of nitrogens with zero attached hydrogens (tertiary/aromatic N) is 3. The largest absolute Gasteiger partial charge is 0.494 e. The lowest BCUT2D eigenvalue weighted by Crippen LogP contribution is -2.67. The van der Waals surface area contributed by atoms with Gasteiger partial charge in [0.05, 0.1) is 49.5 Å². The van der Waals surface area contributed by atoms with E-state index in [0.29, 0.717) is 11.5 Å². The third-order valence-electron chi connectivity index (χ3n) is 10.9. The van der Waals surface area contributed by atoms with Crippen LogP contribution in [0.15, 0.2) is 47.4 Å². The zero-order chi connectivity index (χ0) is 31.4.